The summed E-state index contributed by atoms with van der Waals surface area (Å²) >= 11 is 0. The molecule has 2 fully saturated rings. The van der Waals surface area contributed by atoms with Gasteiger partial charge in [0.2, 0.25) is 0 Å². The first-order chi connectivity index (χ1) is 7.45. The summed E-state index contributed by atoms with van der Waals surface area (Å²) in [5, 5.41) is 2.44. The van der Waals surface area contributed by atoms with Crippen LogP contribution >= 0.6 is 0 Å². The Morgan fingerprint density at radius 2 is 1.53 bits per heavy atom. The van der Waals surface area contributed by atoms with Crippen LogP contribution in [-0.4, -0.2) is 24.6 Å². The maximum absolute atomic E-state index is 3.60. The molecule has 15 heavy (non-hydrogen) atoms. The zero-order valence-electron chi connectivity index (χ0n) is 10.0. The maximum Gasteiger partial charge on any atom is 0.0131 e. The zero-order chi connectivity index (χ0) is 10.3. The van der Waals surface area contributed by atoms with Gasteiger partial charge in [-0.05, 0) is 25.2 Å². The average molecular weight is 210 g/mol. The third-order valence-corrected chi connectivity index (χ3v) is 3.97. The van der Waals surface area contributed by atoms with Gasteiger partial charge in [0.05, 0.1) is 0 Å². The van der Waals surface area contributed by atoms with Crippen LogP contribution in [0.2, 0.25) is 0 Å². The number of hydrogen-bond acceptors (Lipinski definition) is 2. The van der Waals surface area contributed by atoms with Crippen LogP contribution in [0.4, 0.5) is 0 Å². The van der Waals surface area contributed by atoms with Crippen LogP contribution in [0.1, 0.15) is 57.8 Å². The largest absolute Gasteiger partial charge is 0.255 e. The van der Waals surface area contributed by atoms with E-state index in [4.69, 9.17) is 0 Å². The Balaban J connectivity index is 1.53. The number of piperidine rings is 1. The summed E-state index contributed by atoms with van der Waals surface area (Å²) in [6, 6.07) is 0. The van der Waals surface area contributed by atoms with Crippen molar-refractivity contribution >= 4 is 0 Å². The molecule has 0 spiro atoms. The minimum Gasteiger partial charge on any atom is -0.255 e. The molecule has 0 aromatic rings. The monoisotopic (exact) mass is 210 g/mol. The number of hydrazine groups is 1. The molecule has 1 aliphatic carbocycles. The smallest absolute Gasteiger partial charge is 0.0131 e. The van der Waals surface area contributed by atoms with Crippen LogP contribution in [0.15, 0.2) is 0 Å². The van der Waals surface area contributed by atoms with Crippen LogP contribution in [-0.2, 0) is 0 Å². The van der Waals surface area contributed by atoms with E-state index in [-0.39, 0.29) is 0 Å². The Morgan fingerprint density at radius 1 is 0.867 bits per heavy atom. The molecule has 0 atom stereocenters. The van der Waals surface area contributed by atoms with Crippen molar-refractivity contribution in [1.29, 1.82) is 0 Å². The molecule has 2 heteroatoms. The van der Waals surface area contributed by atoms with E-state index in [1.54, 1.807) is 0 Å². The van der Waals surface area contributed by atoms with Crippen molar-refractivity contribution in [1.82, 2.24) is 10.4 Å². The topological polar surface area (TPSA) is 15.3 Å². The molecule has 2 aliphatic rings. The van der Waals surface area contributed by atoms with Gasteiger partial charge in [-0.25, -0.2) is 5.01 Å². The Labute approximate surface area is 94.4 Å². The molecule has 1 aliphatic heterocycles. The molecular weight excluding hydrogens is 184 g/mol. The Bertz CT molecular complexity index is 140. The van der Waals surface area contributed by atoms with Crippen LogP contribution in [0.5, 0.6) is 0 Å². The lowest BCUT2D eigenvalue weighted by molar-refractivity contribution is 0.147. The molecule has 0 radical (unpaired) electrons. The second-order valence-electron chi connectivity index (χ2n) is 5.25. The van der Waals surface area contributed by atoms with E-state index < -0.39 is 0 Å². The predicted octanol–water partition coefficient (Wildman–Crippen LogP) is 2.95. The highest BCUT2D eigenvalue weighted by molar-refractivity contribution is 4.67. The van der Waals surface area contributed by atoms with Gasteiger partial charge >= 0.3 is 0 Å². The maximum atomic E-state index is 3.60. The van der Waals surface area contributed by atoms with Gasteiger partial charge in [0.15, 0.2) is 0 Å². The Kier molecular flexibility index (Phi) is 4.94. The van der Waals surface area contributed by atoms with E-state index in [1.165, 1.54) is 77.4 Å². The summed E-state index contributed by atoms with van der Waals surface area (Å²) in [5.41, 5.74) is 3.60. The van der Waals surface area contributed by atoms with Gasteiger partial charge in [-0.15, -0.1) is 0 Å². The van der Waals surface area contributed by atoms with E-state index >= 15 is 0 Å². The van der Waals surface area contributed by atoms with Gasteiger partial charge in [0, 0.05) is 19.6 Å². The molecule has 2 nitrogen and oxygen atoms in total. The fourth-order valence-corrected chi connectivity index (χ4v) is 2.95. The summed E-state index contributed by atoms with van der Waals surface area (Å²) in [4.78, 5) is 0. The van der Waals surface area contributed by atoms with E-state index in [0.717, 1.165) is 5.92 Å². The van der Waals surface area contributed by atoms with Crippen LogP contribution in [0.25, 0.3) is 0 Å². The van der Waals surface area contributed by atoms with Crippen LogP contribution in [0, 0.1) is 5.92 Å². The second-order valence-corrected chi connectivity index (χ2v) is 5.25. The summed E-state index contributed by atoms with van der Waals surface area (Å²) in [5.74, 6) is 1.02. The number of nitrogens with zero attached hydrogens (tertiary/aromatic N) is 1. The number of nitrogens with one attached hydrogen (secondary N) is 1. The van der Waals surface area contributed by atoms with Gasteiger partial charge in [-0.2, -0.15) is 0 Å². The predicted molar refractivity (Wildman–Crippen MR) is 64.6 cm³/mol. The minimum atomic E-state index is 1.02. The van der Waals surface area contributed by atoms with E-state index in [2.05, 4.69) is 10.4 Å². The SMILES string of the molecule is C1CCC(CCNN2CCCCC2)CC1. The normalized spacial score (nSPS) is 25.6. The van der Waals surface area contributed by atoms with Crippen LogP contribution in [0.3, 0.4) is 0 Å². The number of rotatable bonds is 4. The summed E-state index contributed by atoms with van der Waals surface area (Å²) < 4.78 is 0. The minimum absolute atomic E-state index is 1.02. The summed E-state index contributed by atoms with van der Waals surface area (Å²) in [6.45, 7) is 3.75. The van der Waals surface area contributed by atoms with Crippen molar-refractivity contribution in [2.75, 3.05) is 19.6 Å². The van der Waals surface area contributed by atoms with Gasteiger partial charge in [0.1, 0.15) is 0 Å². The summed E-state index contributed by atoms with van der Waals surface area (Å²) in [6.07, 6.45) is 13.0. The van der Waals surface area contributed by atoms with Crippen molar-refractivity contribution in [3.05, 3.63) is 0 Å². The van der Waals surface area contributed by atoms with E-state index in [9.17, 15) is 0 Å². The third-order valence-electron chi connectivity index (χ3n) is 3.97. The molecule has 88 valence electrons. The first kappa shape index (κ1) is 11.4. The zero-order valence-corrected chi connectivity index (χ0v) is 10.0. The molecule has 0 unspecified atom stereocenters. The third kappa shape index (κ3) is 4.12. The fourth-order valence-electron chi connectivity index (χ4n) is 2.95. The van der Waals surface area contributed by atoms with Gasteiger partial charge < -0.3 is 0 Å². The van der Waals surface area contributed by atoms with Crippen molar-refractivity contribution in [3.63, 3.8) is 0 Å². The van der Waals surface area contributed by atoms with Crippen molar-refractivity contribution in [3.8, 4) is 0 Å². The number of hydrogen-bond donors (Lipinski definition) is 1. The van der Waals surface area contributed by atoms with E-state index in [0.29, 0.717) is 0 Å². The Hall–Kier alpha value is -0.0800. The molecule has 1 heterocycles. The highest BCUT2D eigenvalue weighted by Crippen LogP contribution is 2.25. The molecule has 1 saturated heterocycles. The lowest BCUT2D eigenvalue weighted by Gasteiger charge is -2.28. The average Bonchev–Trinajstić information content (AvgIpc) is 2.32. The molecule has 0 amide bonds. The summed E-state index contributed by atoms with van der Waals surface area (Å²) in [7, 11) is 0. The molecule has 0 aromatic carbocycles. The Morgan fingerprint density at radius 3 is 2.27 bits per heavy atom. The molecule has 0 aromatic heterocycles. The quantitative estimate of drug-likeness (QED) is 0.767. The second kappa shape index (κ2) is 6.49. The molecule has 1 N–H and O–H groups in total. The first-order valence-corrected chi connectivity index (χ1v) is 6.93. The van der Waals surface area contributed by atoms with Crippen molar-refractivity contribution < 1.29 is 0 Å². The highest BCUT2D eigenvalue weighted by atomic mass is 15.5. The molecular formula is C13H26N2. The van der Waals surface area contributed by atoms with Gasteiger partial charge in [-0.1, -0.05) is 38.5 Å². The van der Waals surface area contributed by atoms with Crippen LogP contribution < -0.4 is 5.43 Å². The fraction of sp³-hybridized carbons (Fsp3) is 1.00. The molecule has 2 rings (SSSR count). The standard InChI is InChI=1S/C13H26N2/c1-3-7-13(8-4-1)9-10-14-15-11-5-2-6-12-15/h13-14H,1-12H2. The molecule has 0 bridgehead atoms. The van der Waals surface area contributed by atoms with Crippen molar-refractivity contribution in [2.45, 2.75) is 57.8 Å². The van der Waals surface area contributed by atoms with E-state index in [1.807, 2.05) is 0 Å². The van der Waals surface area contributed by atoms with Crippen molar-refractivity contribution in [2.24, 2.45) is 5.92 Å². The molecule has 1 saturated carbocycles. The van der Waals surface area contributed by atoms with Gasteiger partial charge in [0.25, 0.3) is 0 Å². The highest BCUT2D eigenvalue weighted by Gasteiger charge is 2.14. The lowest BCUT2D eigenvalue weighted by Crippen LogP contribution is -2.42. The van der Waals surface area contributed by atoms with Gasteiger partial charge in [-0.3, -0.25) is 5.43 Å². The first-order valence-electron chi connectivity index (χ1n) is 6.93. The lowest BCUT2D eigenvalue weighted by atomic mass is 9.87.